The summed E-state index contributed by atoms with van der Waals surface area (Å²) in [5.41, 5.74) is 7.23. The van der Waals surface area contributed by atoms with Crippen LogP contribution in [0.25, 0.3) is 0 Å². The number of nitrogens with one attached hydrogen (secondary N) is 2. The van der Waals surface area contributed by atoms with Crippen molar-refractivity contribution < 1.29 is 19.3 Å². The van der Waals surface area contributed by atoms with E-state index in [0.29, 0.717) is 6.54 Å². The van der Waals surface area contributed by atoms with Gasteiger partial charge < -0.3 is 20.9 Å². The van der Waals surface area contributed by atoms with E-state index in [4.69, 9.17) is 5.73 Å². The van der Waals surface area contributed by atoms with Crippen LogP contribution >= 0.6 is 0 Å². The van der Waals surface area contributed by atoms with Crippen molar-refractivity contribution in [2.24, 2.45) is 11.7 Å². The predicted molar refractivity (Wildman–Crippen MR) is 99.6 cm³/mol. The van der Waals surface area contributed by atoms with Gasteiger partial charge in [-0.25, -0.2) is 0 Å². The normalized spacial score (nSPS) is 19.6. The fraction of sp³-hybridized carbons (Fsp3) is 0.526. The molecule has 3 amide bonds. The number of likely N-dealkylation sites (tertiary alicyclic amines) is 1. The maximum atomic E-state index is 12.4. The highest BCUT2D eigenvalue weighted by Crippen LogP contribution is 2.15. The maximum absolute atomic E-state index is 12.4. The van der Waals surface area contributed by atoms with E-state index < -0.39 is 0 Å². The second-order valence-electron chi connectivity index (χ2n) is 6.93. The van der Waals surface area contributed by atoms with Crippen LogP contribution in [0.15, 0.2) is 24.3 Å². The standard InChI is InChI=1S/C19H28N4O3/c1-3-14-7-4-5-9-16(14)21-17(24)12-22(2)18(25)13-23-10-6-8-15(11-23)19(20)26/h4-5,7,9,15H,3,6,8,10-13H2,1-2H3,(H2,20,26)(H,21,24)/p+1/t15-/m1/s1. The summed E-state index contributed by atoms with van der Waals surface area (Å²) >= 11 is 0. The molecule has 4 N–H and O–H groups in total. The molecule has 1 heterocycles. The Morgan fingerprint density at radius 3 is 2.73 bits per heavy atom. The first-order valence-corrected chi connectivity index (χ1v) is 9.15. The van der Waals surface area contributed by atoms with Gasteiger partial charge in [0.1, 0.15) is 0 Å². The number of hydrogen-bond acceptors (Lipinski definition) is 3. The second kappa shape index (κ2) is 9.33. The van der Waals surface area contributed by atoms with E-state index in [2.05, 4.69) is 5.32 Å². The van der Waals surface area contributed by atoms with Gasteiger partial charge in [-0.05, 0) is 30.9 Å². The van der Waals surface area contributed by atoms with E-state index in [1.165, 1.54) is 4.90 Å². The first-order chi connectivity index (χ1) is 12.4. The van der Waals surface area contributed by atoms with Gasteiger partial charge in [-0.15, -0.1) is 0 Å². The molecular weight excluding hydrogens is 332 g/mol. The van der Waals surface area contributed by atoms with Gasteiger partial charge in [0.05, 0.1) is 25.6 Å². The summed E-state index contributed by atoms with van der Waals surface area (Å²) in [4.78, 5) is 38.5. The summed E-state index contributed by atoms with van der Waals surface area (Å²) in [5.74, 6) is -0.780. The van der Waals surface area contributed by atoms with Crippen LogP contribution in [-0.4, -0.2) is 55.8 Å². The Morgan fingerprint density at radius 2 is 2.04 bits per heavy atom. The number of rotatable bonds is 7. The first kappa shape index (κ1) is 19.9. The zero-order valence-electron chi connectivity index (χ0n) is 15.6. The summed E-state index contributed by atoms with van der Waals surface area (Å²) in [7, 11) is 1.63. The summed E-state index contributed by atoms with van der Waals surface area (Å²) in [6, 6.07) is 7.64. The van der Waals surface area contributed by atoms with Gasteiger partial charge >= 0.3 is 0 Å². The monoisotopic (exact) mass is 361 g/mol. The molecule has 2 rings (SSSR count). The number of carbonyl (C=O) groups is 3. The zero-order valence-corrected chi connectivity index (χ0v) is 15.6. The van der Waals surface area contributed by atoms with Gasteiger partial charge in [-0.3, -0.25) is 14.4 Å². The predicted octanol–water partition coefficient (Wildman–Crippen LogP) is -0.574. The Balaban J connectivity index is 1.84. The molecule has 0 aliphatic carbocycles. The number of para-hydroxylation sites is 1. The number of aryl methyl sites for hydroxylation is 1. The lowest BCUT2D eigenvalue weighted by molar-refractivity contribution is -0.899. The number of primary amides is 1. The molecule has 1 aliphatic heterocycles. The Morgan fingerprint density at radius 1 is 1.31 bits per heavy atom. The minimum atomic E-state index is -0.294. The fourth-order valence-corrected chi connectivity index (χ4v) is 3.35. The number of nitrogens with two attached hydrogens (primary N) is 1. The van der Waals surface area contributed by atoms with Crippen molar-refractivity contribution in [3.63, 3.8) is 0 Å². The molecule has 1 aliphatic rings. The molecule has 1 aromatic carbocycles. The van der Waals surface area contributed by atoms with Crippen molar-refractivity contribution in [2.75, 3.05) is 38.5 Å². The van der Waals surface area contributed by atoms with Gasteiger partial charge in [-0.2, -0.15) is 0 Å². The van der Waals surface area contributed by atoms with Crippen LogP contribution in [0.1, 0.15) is 25.3 Å². The smallest absolute Gasteiger partial charge is 0.277 e. The highest BCUT2D eigenvalue weighted by molar-refractivity contribution is 5.95. The number of benzene rings is 1. The van der Waals surface area contributed by atoms with Crippen molar-refractivity contribution in [3.8, 4) is 0 Å². The van der Waals surface area contributed by atoms with E-state index in [-0.39, 0.29) is 36.7 Å². The van der Waals surface area contributed by atoms with Crippen LogP contribution < -0.4 is 16.0 Å². The number of carbonyl (C=O) groups excluding carboxylic acids is 3. The van der Waals surface area contributed by atoms with Crippen LogP contribution in [0.2, 0.25) is 0 Å². The SMILES string of the molecule is CCc1ccccc1NC(=O)CN(C)C(=O)C[NH+]1CCC[C@@H](C(N)=O)C1. The third kappa shape index (κ3) is 5.56. The average Bonchev–Trinajstić information content (AvgIpc) is 2.62. The fourth-order valence-electron chi connectivity index (χ4n) is 3.35. The highest BCUT2D eigenvalue weighted by atomic mass is 16.2. The summed E-state index contributed by atoms with van der Waals surface area (Å²) in [6.07, 6.45) is 2.50. The summed E-state index contributed by atoms with van der Waals surface area (Å²) in [6.45, 7) is 3.74. The molecule has 0 bridgehead atoms. The summed E-state index contributed by atoms with van der Waals surface area (Å²) in [5, 5.41) is 2.87. The first-order valence-electron chi connectivity index (χ1n) is 9.15. The van der Waals surface area contributed by atoms with Gasteiger partial charge in [0.2, 0.25) is 11.8 Å². The van der Waals surface area contributed by atoms with E-state index in [1.54, 1.807) is 7.05 Å². The topological polar surface area (TPSA) is 96.9 Å². The van der Waals surface area contributed by atoms with E-state index >= 15 is 0 Å². The quantitative estimate of drug-likeness (QED) is 0.606. The number of amides is 3. The molecule has 0 saturated carbocycles. The van der Waals surface area contributed by atoms with Gasteiger partial charge in [0, 0.05) is 12.7 Å². The average molecular weight is 361 g/mol. The maximum Gasteiger partial charge on any atom is 0.277 e. The van der Waals surface area contributed by atoms with Crippen molar-refractivity contribution in [1.29, 1.82) is 0 Å². The Hall–Kier alpha value is -2.41. The number of hydrogen-bond donors (Lipinski definition) is 3. The lowest BCUT2D eigenvalue weighted by Gasteiger charge is -2.29. The van der Waals surface area contributed by atoms with E-state index in [9.17, 15) is 14.4 Å². The third-order valence-electron chi connectivity index (χ3n) is 4.90. The van der Waals surface area contributed by atoms with Gasteiger partial charge in [0.15, 0.2) is 6.54 Å². The van der Waals surface area contributed by atoms with Crippen molar-refractivity contribution in [2.45, 2.75) is 26.2 Å². The molecular formula is C19H29N4O3+. The van der Waals surface area contributed by atoms with E-state index in [1.807, 2.05) is 31.2 Å². The van der Waals surface area contributed by atoms with Crippen LogP contribution in [-0.2, 0) is 20.8 Å². The molecule has 7 nitrogen and oxygen atoms in total. The van der Waals surface area contributed by atoms with Gasteiger partial charge in [0.25, 0.3) is 5.91 Å². The number of anilines is 1. The zero-order chi connectivity index (χ0) is 19.1. The molecule has 1 aromatic rings. The van der Waals surface area contributed by atoms with Crippen LogP contribution in [0.3, 0.4) is 0 Å². The van der Waals surface area contributed by atoms with E-state index in [0.717, 1.165) is 42.0 Å². The molecule has 7 heteroatoms. The van der Waals surface area contributed by atoms with Crippen LogP contribution in [0, 0.1) is 5.92 Å². The Kier molecular flexibility index (Phi) is 7.15. The molecule has 0 spiro atoms. The largest absolute Gasteiger partial charge is 0.369 e. The molecule has 2 atom stereocenters. The molecule has 1 saturated heterocycles. The molecule has 0 aromatic heterocycles. The Bertz CT molecular complexity index is 662. The molecule has 26 heavy (non-hydrogen) atoms. The Labute approximate surface area is 154 Å². The number of quaternary nitrogens is 1. The number of likely N-dealkylation sites (N-methyl/N-ethyl adjacent to an activating group) is 1. The molecule has 0 radical (unpaired) electrons. The lowest BCUT2D eigenvalue weighted by Crippen LogP contribution is -3.14. The van der Waals surface area contributed by atoms with Crippen LogP contribution in [0.5, 0.6) is 0 Å². The van der Waals surface area contributed by atoms with Crippen molar-refractivity contribution >= 4 is 23.4 Å². The van der Waals surface area contributed by atoms with Gasteiger partial charge in [-0.1, -0.05) is 25.1 Å². The molecule has 1 fully saturated rings. The minimum absolute atomic E-state index is 0.00338. The number of piperidine rings is 1. The summed E-state index contributed by atoms with van der Waals surface area (Å²) < 4.78 is 0. The third-order valence-corrected chi connectivity index (χ3v) is 4.90. The van der Waals surface area contributed by atoms with Crippen LogP contribution in [0.4, 0.5) is 5.69 Å². The van der Waals surface area contributed by atoms with Crippen molar-refractivity contribution in [3.05, 3.63) is 29.8 Å². The second-order valence-corrected chi connectivity index (χ2v) is 6.93. The lowest BCUT2D eigenvalue weighted by atomic mass is 9.97. The van der Waals surface area contributed by atoms with Crippen molar-refractivity contribution in [1.82, 2.24) is 4.90 Å². The molecule has 142 valence electrons. The highest BCUT2D eigenvalue weighted by Gasteiger charge is 2.29. The number of nitrogens with zero attached hydrogens (tertiary/aromatic N) is 1. The minimum Gasteiger partial charge on any atom is -0.369 e. The molecule has 1 unspecified atom stereocenters.